The molecule has 0 bridgehead atoms. The van der Waals surface area contributed by atoms with Gasteiger partial charge >= 0.3 is 5.97 Å². The molecule has 1 aromatic heterocycles. The van der Waals surface area contributed by atoms with Gasteiger partial charge in [0.2, 0.25) is 0 Å². The van der Waals surface area contributed by atoms with Gasteiger partial charge in [-0.05, 0) is 30.3 Å². The van der Waals surface area contributed by atoms with E-state index in [1.807, 2.05) is 13.0 Å². The minimum Gasteiger partial charge on any atom is -0.478 e. The number of nitro groups is 1. The third kappa shape index (κ3) is 3.36. The molecule has 0 spiro atoms. The highest BCUT2D eigenvalue weighted by molar-refractivity contribution is 6.06. The number of carboxylic acid groups (broad SMARTS) is 1. The van der Waals surface area contributed by atoms with E-state index in [1.165, 1.54) is 6.07 Å². The molecule has 0 fully saturated rings. The molecule has 1 aliphatic rings. The standard InChI is InChI=1S/C22H19N3O4/c1-2-24-12-15(11-14-7-3-6-10-19(14)25(28)29)21-17(13-24)20(22(26)27)16-8-4-5-9-18(16)23-21/h3-11H,2,12-13H2,1H3,(H,26,27). The second kappa shape index (κ2) is 7.44. The predicted octanol–water partition coefficient (Wildman–Crippen LogP) is 4.22. The zero-order valence-corrected chi connectivity index (χ0v) is 15.8. The monoisotopic (exact) mass is 389 g/mol. The average Bonchev–Trinajstić information content (AvgIpc) is 2.72. The Bertz CT molecular complexity index is 1170. The number of benzene rings is 2. The van der Waals surface area contributed by atoms with Gasteiger partial charge < -0.3 is 5.11 Å². The predicted molar refractivity (Wildman–Crippen MR) is 111 cm³/mol. The molecule has 7 heteroatoms. The Morgan fingerprint density at radius 3 is 2.66 bits per heavy atom. The summed E-state index contributed by atoms with van der Waals surface area (Å²) in [5.41, 5.74) is 3.35. The molecular weight excluding hydrogens is 370 g/mol. The van der Waals surface area contributed by atoms with E-state index in [0.29, 0.717) is 40.8 Å². The summed E-state index contributed by atoms with van der Waals surface area (Å²) in [6, 6.07) is 13.7. The average molecular weight is 389 g/mol. The highest BCUT2D eigenvalue weighted by Gasteiger charge is 2.28. The van der Waals surface area contributed by atoms with Crippen LogP contribution in [0.1, 0.15) is 34.1 Å². The smallest absolute Gasteiger partial charge is 0.336 e. The zero-order chi connectivity index (χ0) is 20.5. The van der Waals surface area contributed by atoms with Crippen molar-refractivity contribution in [1.29, 1.82) is 0 Å². The minimum absolute atomic E-state index is 0.00872. The largest absolute Gasteiger partial charge is 0.478 e. The summed E-state index contributed by atoms with van der Waals surface area (Å²) in [4.78, 5) is 30.0. The topological polar surface area (TPSA) is 96.6 Å². The summed E-state index contributed by atoms with van der Waals surface area (Å²) in [6.07, 6.45) is 1.76. The first-order valence-corrected chi connectivity index (χ1v) is 9.31. The molecule has 0 amide bonds. The van der Waals surface area contributed by atoms with Crippen LogP contribution in [-0.4, -0.2) is 39.0 Å². The molecular formula is C22H19N3O4. The number of pyridine rings is 1. The lowest BCUT2D eigenvalue weighted by Crippen LogP contribution is -2.31. The molecule has 4 rings (SSSR count). The van der Waals surface area contributed by atoms with E-state index in [0.717, 1.165) is 12.1 Å². The lowest BCUT2D eigenvalue weighted by Gasteiger charge is -2.30. The molecule has 2 heterocycles. The molecule has 29 heavy (non-hydrogen) atoms. The molecule has 1 aliphatic heterocycles. The first kappa shape index (κ1) is 18.8. The Kier molecular flexibility index (Phi) is 4.82. The molecule has 3 aromatic rings. The van der Waals surface area contributed by atoms with Crippen molar-refractivity contribution >= 4 is 34.2 Å². The molecule has 0 saturated carbocycles. The van der Waals surface area contributed by atoms with Crippen LogP contribution in [0, 0.1) is 10.1 Å². The van der Waals surface area contributed by atoms with Crippen LogP contribution in [0.4, 0.5) is 5.69 Å². The van der Waals surface area contributed by atoms with Crippen molar-refractivity contribution in [3.63, 3.8) is 0 Å². The molecule has 0 atom stereocenters. The van der Waals surface area contributed by atoms with Gasteiger partial charge in [0.05, 0.1) is 27.3 Å². The molecule has 0 aliphatic carbocycles. The summed E-state index contributed by atoms with van der Waals surface area (Å²) in [5.74, 6) is -0.997. The van der Waals surface area contributed by atoms with Gasteiger partial charge in [0.25, 0.3) is 5.69 Å². The SMILES string of the molecule is CCN1CC(=Cc2ccccc2[N+](=O)[O-])c2nc3ccccc3c(C(=O)O)c2C1. The number of aromatic carboxylic acids is 1. The number of fused-ring (bicyclic) bond motifs is 2. The maximum atomic E-state index is 12.1. The van der Waals surface area contributed by atoms with Gasteiger partial charge in [-0.15, -0.1) is 0 Å². The fourth-order valence-electron chi connectivity index (χ4n) is 3.81. The summed E-state index contributed by atoms with van der Waals surface area (Å²) in [7, 11) is 0. The lowest BCUT2D eigenvalue weighted by molar-refractivity contribution is -0.385. The van der Waals surface area contributed by atoms with E-state index in [4.69, 9.17) is 4.98 Å². The number of nitrogens with zero attached hydrogens (tertiary/aromatic N) is 3. The van der Waals surface area contributed by atoms with Gasteiger partial charge in [-0.1, -0.05) is 37.3 Å². The third-order valence-corrected chi connectivity index (χ3v) is 5.20. The number of aromatic nitrogens is 1. The number of para-hydroxylation sites is 2. The van der Waals surface area contributed by atoms with Gasteiger partial charge in [-0.25, -0.2) is 9.78 Å². The number of hydrogen-bond acceptors (Lipinski definition) is 5. The zero-order valence-electron chi connectivity index (χ0n) is 15.8. The van der Waals surface area contributed by atoms with Crippen LogP contribution in [-0.2, 0) is 6.54 Å². The quantitative estimate of drug-likeness (QED) is 0.530. The van der Waals surface area contributed by atoms with Gasteiger partial charge in [-0.3, -0.25) is 15.0 Å². The van der Waals surface area contributed by atoms with Crippen molar-refractivity contribution in [3.8, 4) is 0 Å². The Morgan fingerprint density at radius 2 is 1.93 bits per heavy atom. The van der Waals surface area contributed by atoms with Crippen molar-refractivity contribution in [2.24, 2.45) is 0 Å². The summed E-state index contributed by atoms with van der Waals surface area (Å²) in [5, 5.41) is 22.0. The Morgan fingerprint density at radius 1 is 1.21 bits per heavy atom. The number of hydrogen-bond donors (Lipinski definition) is 1. The van der Waals surface area contributed by atoms with Crippen LogP contribution in [0.2, 0.25) is 0 Å². The third-order valence-electron chi connectivity index (χ3n) is 5.20. The Balaban J connectivity index is 2.00. The van der Waals surface area contributed by atoms with Crippen LogP contribution in [0.25, 0.3) is 22.6 Å². The minimum atomic E-state index is -0.997. The van der Waals surface area contributed by atoms with Crippen molar-refractivity contribution in [1.82, 2.24) is 9.88 Å². The fraction of sp³-hybridized carbons (Fsp3) is 0.182. The molecule has 1 N–H and O–H groups in total. The summed E-state index contributed by atoms with van der Waals surface area (Å²) in [6.45, 7) is 3.74. The van der Waals surface area contributed by atoms with Crippen LogP contribution in [0.3, 0.4) is 0 Å². The van der Waals surface area contributed by atoms with E-state index in [2.05, 4.69) is 4.90 Å². The van der Waals surface area contributed by atoms with Crippen molar-refractivity contribution < 1.29 is 14.8 Å². The maximum absolute atomic E-state index is 12.1. The van der Waals surface area contributed by atoms with Crippen molar-refractivity contribution in [2.45, 2.75) is 13.5 Å². The highest BCUT2D eigenvalue weighted by atomic mass is 16.6. The number of likely N-dealkylation sites (N-methyl/N-ethyl adjacent to an activating group) is 1. The van der Waals surface area contributed by atoms with Crippen LogP contribution in [0.15, 0.2) is 48.5 Å². The van der Waals surface area contributed by atoms with Gasteiger partial charge in [0, 0.05) is 30.1 Å². The van der Waals surface area contributed by atoms with E-state index < -0.39 is 10.9 Å². The summed E-state index contributed by atoms with van der Waals surface area (Å²) < 4.78 is 0. The first-order chi connectivity index (χ1) is 14.0. The number of carbonyl (C=O) groups is 1. The van der Waals surface area contributed by atoms with Gasteiger partial charge in [0.15, 0.2) is 0 Å². The molecule has 2 aromatic carbocycles. The number of nitro benzene ring substituents is 1. The van der Waals surface area contributed by atoms with Crippen LogP contribution in [0.5, 0.6) is 0 Å². The van der Waals surface area contributed by atoms with Crippen molar-refractivity contribution in [2.75, 3.05) is 13.1 Å². The normalized spacial score (nSPS) is 15.4. The fourth-order valence-corrected chi connectivity index (χ4v) is 3.81. The summed E-state index contributed by atoms with van der Waals surface area (Å²) >= 11 is 0. The van der Waals surface area contributed by atoms with Crippen LogP contribution < -0.4 is 0 Å². The first-order valence-electron chi connectivity index (χ1n) is 9.31. The van der Waals surface area contributed by atoms with Gasteiger partial charge in [-0.2, -0.15) is 0 Å². The Hall–Kier alpha value is -3.58. The highest BCUT2D eigenvalue weighted by Crippen LogP contribution is 2.35. The Labute approximate surface area is 167 Å². The second-order valence-electron chi connectivity index (χ2n) is 6.93. The maximum Gasteiger partial charge on any atom is 0.336 e. The molecule has 0 saturated heterocycles. The molecule has 7 nitrogen and oxygen atoms in total. The van der Waals surface area contributed by atoms with Gasteiger partial charge in [0.1, 0.15) is 0 Å². The molecule has 0 unspecified atom stereocenters. The van der Waals surface area contributed by atoms with Crippen molar-refractivity contribution in [3.05, 3.63) is 81.0 Å². The number of carboxylic acids is 1. The molecule has 146 valence electrons. The van der Waals surface area contributed by atoms with E-state index in [-0.39, 0.29) is 11.3 Å². The van der Waals surface area contributed by atoms with E-state index in [1.54, 1.807) is 42.5 Å². The second-order valence-corrected chi connectivity index (χ2v) is 6.93. The van der Waals surface area contributed by atoms with Crippen LogP contribution >= 0.6 is 0 Å². The van der Waals surface area contributed by atoms with E-state index >= 15 is 0 Å². The van der Waals surface area contributed by atoms with E-state index in [9.17, 15) is 20.0 Å². The lowest BCUT2D eigenvalue weighted by atomic mass is 9.92. The number of rotatable bonds is 4. The molecule has 0 radical (unpaired) electrons.